The second-order valence-corrected chi connectivity index (χ2v) is 3.21. The highest BCUT2D eigenvalue weighted by Gasteiger charge is 2.09. The molecule has 1 rings (SSSR count). The Morgan fingerprint density at radius 3 is 2.64 bits per heavy atom. The molecule has 1 radical (unpaired) electrons. The molecule has 0 fully saturated rings. The van der Waals surface area contributed by atoms with Gasteiger partial charge in [0.1, 0.15) is 0 Å². The lowest BCUT2D eigenvalue weighted by atomic mass is 10.2. The van der Waals surface area contributed by atoms with Crippen LogP contribution >= 0.6 is 22.6 Å². The maximum absolute atomic E-state index is 10.3. The molecule has 0 aliphatic carbocycles. The summed E-state index contributed by atoms with van der Waals surface area (Å²) in [6.45, 7) is 3.60. The van der Waals surface area contributed by atoms with Gasteiger partial charge in [-0.25, -0.2) is 0 Å². The highest BCUT2D eigenvalue weighted by Crippen LogP contribution is 2.21. The third-order valence-electron chi connectivity index (χ3n) is 1.21. The zero-order chi connectivity index (χ0) is 8.43. The maximum Gasteiger partial charge on any atom is 0.282 e. The van der Waals surface area contributed by atoms with Crippen molar-refractivity contribution in [2.45, 2.75) is 0 Å². The average Bonchev–Trinajstić information content (AvgIpc) is 1.94. The van der Waals surface area contributed by atoms with Crippen LogP contribution < -0.4 is 0 Å². The number of hydrogen-bond donors (Lipinski definition) is 0. The summed E-state index contributed by atoms with van der Waals surface area (Å²) < 4.78 is 0.639. The monoisotopic (exact) mass is 262 g/mol. The first-order chi connectivity index (χ1) is 5.11. The van der Waals surface area contributed by atoms with Gasteiger partial charge in [0.25, 0.3) is 5.69 Å². The molecule has 0 aromatic heterocycles. The Bertz CT molecular complexity index is 298. The van der Waals surface area contributed by atoms with E-state index >= 15 is 0 Å². The molecule has 3 nitrogen and oxygen atoms in total. The Kier molecular flexibility index (Phi) is 2.43. The minimum Gasteiger partial charge on any atom is -0.258 e. The van der Waals surface area contributed by atoms with E-state index in [0.29, 0.717) is 9.13 Å². The molecule has 0 N–H and O–H groups in total. The van der Waals surface area contributed by atoms with E-state index in [2.05, 4.69) is 6.92 Å². The summed E-state index contributed by atoms with van der Waals surface area (Å²) in [6.07, 6.45) is 0. The van der Waals surface area contributed by atoms with Gasteiger partial charge in [0.15, 0.2) is 0 Å². The van der Waals surface area contributed by atoms with E-state index in [9.17, 15) is 10.1 Å². The Morgan fingerprint density at radius 1 is 1.55 bits per heavy atom. The largest absolute Gasteiger partial charge is 0.282 e. The molecule has 11 heavy (non-hydrogen) atoms. The molecule has 0 spiro atoms. The van der Waals surface area contributed by atoms with Crippen LogP contribution in [-0.4, -0.2) is 4.92 Å². The van der Waals surface area contributed by atoms with Crippen LogP contribution in [0, 0.1) is 20.6 Å². The number of rotatable bonds is 1. The predicted molar refractivity (Wildman–Crippen MR) is 50.3 cm³/mol. The van der Waals surface area contributed by atoms with E-state index in [1.54, 1.807) is 12.1 Å². The van der Waals surface area contributed by atoms with E-state index in [1.807, 2.05) is 22.6 Å². The van der Waals surface area contributed by atoms with Crippen molar-refractivity contribution in [3.63, 3.8) is 0 Å². The SMILES string of the molecule is [CH2]c1ccc(I)c([N+](=O)[O-])c1. The molecule has 1 aromatic rings. The van der Waals surface area contributed by atoms with Gasteiger partial charge in [0.2, 0.25) is 0 Å². The summed E-state index contributed by atoms with van der Waals surface area (Å²) in [6, 6.07) is 4.89. The molecule has 0 heterocycles. The van der Waals surface area contributed by atoms with Crippen LogP contribution in [0.25, 0.3) is 0 Å². The van der Waals surface area contributed by atoms with Crippen molar-refractivity contribution < 1.29 is 4.92 Å². The summed E-state index contributed by atoms with van der Waals surface area (Å²) in [5.41, 5.74) is 0.787. The van der Waals surface area contributed by atoms with Gasteiger partial charge in [0, 0.05) is 6.07 Å². The zero-order valence-corrected chi connectivity index (χ0v) is 7.74. The molecule has 0 saturated carbocycles. The van der Waals surface area contributed by atoms with Crippen molar-refractivity contribution in [3.05, 3.63) is 44.4 Å². The van der Waals surface area contributed by atoms with E-state index in [1.165, 1.54) is 6.07 Å². The smallest absolute Gasteiger partial charge is 0.258 e. The molecular weight excluding hydrogens is 257 g/mol. The summed E-state index contributed by atoms with van der Waals surface area (Å²) in [5.74, 6) is 0. The van der Waals surface area contributed by atoms with Crippen molar-refractivity contribution in [1.82, 2.24) is 0 Å². The molecule has 0 aliphatic heterocycles. The van der Waals surface area contributed by atoms with E-state index in [0.717, 1.165) is 0 Å². The first kappa shape index (κ1) is 8.45. The molecule has 4 heteroatoms. The molecule has 0 atom stereocenters. The normalized spacial score (nSPS) is 9.64. The highest BCUT2D eigenvalue weighted by molar-refractivity contribution is 14.1. The lowest BCUT2D eigenvalue weighted by Crippen LogP contribution is -1.91. The number of benzene rings is 1. The topological polar surface area (TPSA) is 43.1 Å². The molecule has 0 unspecified atom stereocenters. The van der Waals surface area contributed by atoms with Crippen LogP contribution in [-0.2, 0) is 0 Å². The van der Waals surface area contributed by atoms with Gasteiger partial charge in [-0.1, -0.05) is 6.07 Å². The Morgan fingerprint density at radius 2 is 2.18 bits per heavy atom. The van der Waals surface area contributed by atoms with Gasteiger partial charge in [-0.15, -0.1) is 0 Å². The number of nitro benzene ring substituents is 1. The maximum atomic E-state index is 10.3. The molecule has 0 aliphatic rings. The van der Waals surface area contributed by atoms with Crippen molar-refractivity contribution in [2.24, 2.45) is 0 Å². The minimum atomic E-state index is -0.406. The van der Waals surface area contributed by atoms with Gasteiger partial charge in [-0.3, -0.25) is 10.1 Å². The molecular formula is C7H5INO2. The second kappa shape index (κ2) is 3.17. The average molecular weight is 262 g/mol. The van der Waals surface area contributed by atoms with Crippen LogP contribution in [0.5, 0.6) is 0 Å². The molecule has 0 bridgehead atoms. The fourth-order valence-corrected chi connectivity index (χ4v) is 1.23. The predicted octanol–water partition coefficient (Wildman–Crippen LogP) is 2.38. The Balaban J connectivity index is 3.23. The van der Waals surface area contributed by atoms with Crippen molar-refractivity contribution in [3.8, 4) is 0 Å². The van der Waals surface area contributed by atoms with E-state index in [4.69, 9.17) is 0 Å². The van der Waals surface area contributed by atoms with E-state index < -0.39 is 4.92 Å². The first-order valence-corrected chi connectivity index (χ1v) is 3.95. The van der Waals surface area contributed by atoms with Crippen molar-refractivity contribution >= 4 is 28.3 Å². The summed E-state index contributed by atoms with van der Waals surface area (Å²) in [4.78, 5) is 9.94. The third kappa shape index (κ3) is 1.89. The fraction of sp³-hybridized carbons (Fsp3) is 0. The van der Waals surface area contributed by atoms with Crippen LogP contribution in [0.15, 0.2) is 18.2 Å². The van der Waals surface area contributed by atoms with Crippen LogP contribution in [0.1, 0.15) is 5.56 Å². The lowest BCUT2D eigenvalue weighted by Gasteiger charge is -1.95. The second-order valence-electron chi connectivity index (χ2n) is 2.04. The minimum absolute atomic E-state index is 0.123. The lowest BCUT2D eigenvalue weighted by molar-refractivity contribution is -0.385. The van der Waals surface area contributed by atoms with Gasteiger partial charge in [-0.05, 0) is 41.1 Å². The fourth-order valence-electron chi connectivity index (χ4n) is 0.698. The molecule has 1 aromatic carbocycles. The third-order valence-corrected chi connectivity index (χ3v) is 2.12. The zero-order valence-electron chi connectivity index (χ0n) is 5.58. The molecule has 0 saturated heterocycles. The Labute approximate surface area is 77.7 Å². The van der Waals surface area contributed by atoms with Crippen LogP contribution in [0.4, 0.5) is 5.69 Å². The number of nitro groups is 1. The van der Waals surface area contributed by atoms with E-state index in [-0.39, 0.29) is 5.69 Å². The van der Waals surface area contributed by atoms with Crippen LogP contribution in [0.3, 0.4) is 0 Å². The number of nitrogens with zero attached hydrogens (tertiary/aromatic N) is 1. The van der Waals surface area contributed by atoms with Crippen molar-refractivity contribution in [1.29, 1.82) is 0 Å². The Hall–Kier alpha value is -0.650. The van der Waals surface area contributed by atoms with Crippen molar-refractivity contribution in [2.75, 3.05) is 0 Å². The molecule has 57 valence electrons. The number of halogens is 1. The summed E-state index contributed by atoms with van der Waals surface area (Å²) in [7, 11) is 0. The van der Waals surface area contributed by atoms with Gasteiger partial charge < -0.3 is 0 Å². The van der Waals surface area contributed by atoms with Gasteiger partial charge in [-0.2, -0.15) is 0 Å². The van der Waals surface area contributed by atoms with Gasteiger partial charge >= 0.3 is 0 Å². The quantitative estimate of drug-likeness (QED) is 0.443. The number of hydrogen-bond acceptors (Lipinski definition) is 2. The summed E-state index contributed by atoms with van der Waals surface area (Å²) >= 11 is 1.92. The highest BCUT2D eigenvalue weighted by atomic mass is 127. The first-order valence-electron chi connectivity index (χ1n) is 2.87. The van der Waals surface area contributed by atoms with Crippen LogP contribution in [0.2, 0.25) is 0 Å². The standard InChI is InChI=1S/C7H5INO2/c1-5-2-3-6(8)7(4-5)9(10)11/h2-4H,1H2. The van der Waals surface area contributed by atoms with Gasteiger partial charge in [0.05, 0.1) is 8.49 Å². The summed E-state index contributed by atoms with van der Waals surface area (Å²) in [5, 5.41) is 10.3. The molecule has 0 amide bonds.